The zero-order valence-corrected chi connectivity index (χ0v) is 9.66. The van der Waals surface area contributed by atoms with Crippen molar-refractivity contribution in [1.82, 2.24) is 4.90 Å². The first-order valence-electron chi connectivity index (χ1n) is 4.79. The average molecular weight is 235 g/mol. The lowest BCUT2D eigenvalue weighted by Crippen LogP contribution is -2.45. The number of morpholine rings is 1. The highest BCUT2D eigenvalue weighted by Crippen LogP contribution is 1.96. The lowest BCUT2D eigenvalue weighted by Gasteiger charge is -2.27. The van der Waals surface area contributed by atoms with Crippen molar-refractivity contribution >= 4 is 15.8 Å². The third kappa shape index (κ3) is 4.98. The van der Waals surface area contributed by atoms with E-state index in [-0.39, 0.29) is 12.3 Å². The van der Waals surface area contributed by atoms with Gasteiger partial charge in [-0.05, 0) is 0 Å². The molecule has 6 nitrogen and oxygen atoms in total. The summed E-state index contributed by atoms with van der Waals surface area (Å²) in [6.45, 7) is 2.94. The fourth-order valence-electron chi connectivity index (χ4n) is 1.22. The molecule has 0 spiro atoms. The molecular formula is C8H17N3O3S. The fraction of sp³-hybridized carbons (Fsp3) is 0.875. The second-order valence-corrected chi connectivity index (χ2v) is 5.73. The number of sulfone groups is 1. The Morgan fingerprint density at radius 1 is 1.47 bits per heavy atom. The van der Waals surface area contributed by atoms with Crippen LogP contribution in [0.25, 0.3) is 0 Å². The van der Waals surface area contributed by atoms with Crippen molar-refractivity contribution in [2.75, 3.05) is 44.9 Å². The Morgan fingerprint density at radius 2 is 2.07 bits per heavy atom. The molecule has 0 amide bonds. The Labute approximate surface area is 90.0 Å². The van der Waals surface area contributed by atoms with Gasteiger partial charge < -0.3 is 15.4 Å². The molecule has 0 unspecified atom stereocenters. The van der Waals surface area contributed by atoms with E-state index in [0.29, 0.717) is 32.3 Å². The summed E-state index contributed by atoms with van der Waals surface area (Å²) in [5.74, 6) is 0.444. The average Bonchev–Trinajstić information content (AvgIpc) is 2.17. The molecule has 1 aliphatic heterocycles. The van der Waals surface area contributed by atoms with E-state index < -0.39 is 9.84 Å². The van der Waals surface area contributed by atoms with Crippen LogP contribution in [0.1, 0.15) is 0 Å². The summed E-state index contributed by atoms with van der Waals surface area (Å²) < 4.78 is 26.9. The van der Waals surface area contributed by atoms with Crippen LogP contribution in [0.2, 0.25) is 0 Å². The Bertz CT molecular complexity index is 320. The highest BCUT2D eigenvalue weighted by Gasteiger charge is 2.12. The molecule has 0 aromatic carbocycles. The molecule has 0 bridgehead atoms. The molecule has 0 aliphatic carbocycles. The number of rotatable bonds is 3. The van der Waals surface area contributed by atoms with Gasteiger partial charge in [-0.3, -0.25) is 4.99 Å². The second kappa shape index (κ2) is 5.32. The van der Waals surface area contributed by atoms with Gasteiger partial charge in [0.15, 0.2) is 5.96 Å². The van der Waals surface area contributed by atoms with Crippen LogP contribution in [0, 0.1) is 0 Å². The Morgan fingerprint density at radius 3 is 2.60 bits per heavy atom. The summed E-state index contributed by atoms with van der Waals surface area (Å²) in [5.41, 5.74) is 5.70. The normalized spacial score (nSPS) is 19.3. The maximum atomic E-state index is 10.8. The van der Waals surface area contributed by atoms with Gasteiger partial charge >= 0.3 is 0 Å². The topological polar surface area (TPSA) is 85.0 Å². The van der Waals surface area contributed by atoms with Crippen molar-refractivity contribution in [2.45, 2.75) is 0 Å². The van der Waals surface area contributed by atoms with Crippen LogP contribution in [0.4, 0.5) is 0 Å². The van der Waals surface area contributed by atoms with Crippen LogP contribution in [0.5, 0.6) is 0 Å². The van der Waals surface area contributed by atoms with Gasteiger partial charge in [0.25, 0.3) is 0 Å². The number of nitrogens with two attached hydrogens (primary N) is 1. The summed E-state index contributed by atoms with van der Waals surface area (Å²) in [6.07, 6.45) is 1.19. The largest absolute Gasteiger partial charge is 0.378 e. The molecule has 1 fully saturated rings. The Hall–Kier alpha value is -0.820. The zero-order valence-electron chi connectivity index (χ0n) is 8.85. The third-order valence-electron chi connectivity index (χ3n) is 2.07. The van der Waals surface area contributed by atoms with Crippen LogP contribution in [-0.4, -0.2) is 64.1 Å². The van der Waals surface area contributed by atoms with Crippen molar-refractivity contribution < 1.29 is 13.2 Å². The molecular weight excluding hydrogens is 218 g/mol. The molecule has 0 atom stereocenters. The van der Waals surface area contributed by atoms with E-state index in [9.17, 15) is 8.42 Å². The molecule has 1 aliphatic rings. The number of aliphatic imine (C=N–C) groups is 1. The minimum Gasteiger partial charge on any atom is -0.378 e. The number of guanidine groups is 1. The van der Waals surface area contributed by atoms with Gasteiger partial charge in [0, 0.05) is 19.3 Å². The second-order valence-electron chi connectivity index (χ2n) is 3.47. The Kier molecular flexibility index (Phi) is 4.34. The number of ether oxygens (including phenoxy) is 1. The zero-order chi connectivity index (χ0) is 11.3. The molecule has 1 rings (SSSR count). The maximum absolute atomic E-state index is 10.8. The molecule has 15 heavy (non-hydrogen) atoms. The number of nitrogens with zero attached hydrogens (tertiary/aromatic N) is 2. The standard InChI is InChI=1S/C8H17N3O3S/c1-15(12,13)7-2-10-8(9)11-3-5-14-6-4-11/h2-7H2,1H3,(H2,9,10). The third-order valence-corrected chi connectivity index (χ3v) is 3.00. The summed E-state index contributed by atoms with van der Waals surface area (Å²) in [4.78, 5) is 5.91. The van der Waals surface area contributed by atoms with Gasteiger partial charge in [-0.2, -0.15) is 0 Å². The van der Waals surface area contributed by atoms with E-state index in [4.69, 9.17) is 10.5 Å². The van der Waals surface area contributed by atoms with Crippen LogP contribution in [0.15, 0.2) is 4.99 Å². The van der Waals surface area contributed by atoms with Crippen molar-refractivity contribution in [3.05, 3.63) is 0 Å². The van der Waals surface area contributed by atoms with Crippen molar-refractivity contribution in [1.29, 1.82) is 0 Å². The van der Waals surface area contributed by atoms with Crippen molar-refractivity contribution in [3.8, 4) is 0 Å². The summed E-state index contributed by atoms with van der Waals surface area (Å²) in [7, 11) is -2.96. The Balaban J connectivity index is 2.38. The predicted molar refractivity (Wildman–Crippen MR) is 58.6 cm³/mol. The van der Waals surface area contributed by atoms with Crippen molar-refractivity contribution in [2.24, 2.45) is 10.7 Å². The molecule has 0 saturated carbocycles. The molecule has 0 aromatic rings. The van der Waals surface area contributed by atoms with E-state index >= 15 is 0 Å². The monoisotopic (exact) mass is 235 g/mol. The minimum atomic E-state index is -2.96. The minimum absolute atomic E-state index is 0.0397. The van der Waals surface area contributed by atoms with E-state index in [1.54, 1.807) is 0 Å². The van der Waals surface area contributed by atoms with Crippen LogP contribution in [-0.2, 0) is 14.6 Å². The van der Waals surface area contributed by atoms with Gasteiger partial charge in [0.2, 0.25) is 0 Å². The molecule has 7 heteroatoms. The number of hydrogen-bond acceptors (Lipinski definition) is 4. The fourth-order valence-corrected chi connectivity index (χ4v) is 1.64. The van der Waals surface area contributed by atoms with Crippen LogP contribution in [0.3, 0.4) is 0 Å². The summed E-state index contributed by atoms with van der Waals surface area (Å²) in [5, 5.41) is 0. The maximum Gasteiger partial charge on any atom is 0.191 e. The summed E-state index contributed by atoms with van der Waals surface area (Å²) in [6, 6.07) is 0. The van der Waals surface area contributed by atoms with E-state index in [0.717, 1.165) is 0 Å². The van der Waals surface area contributed by atoms with Gasteiger partial charge in [-0.25, -0.2) is 8.42 Å². The lowest BCUT2D eigenvalue weighted by atomic mass is 10.4. The molecule has 1 heterocycles. The SMILES string of the molecule is CS(=O)(=O)CCN=C(N)N1CCOCC1. The first-order valence-corrected chi connectivity index (χ1v) is 6.85. The lowest BCUT2D eigenvalue weighted by molar-refractivity contribution is 0.0674. The highest BCUT2D eigenvalue weighted by molar-refractivity contribution is 7.90. The summed E-state index contributed by atoms with van der Waals surface area (Å²) >= 11 is 0. The molecule has 0 radical (unpaired) electrons. The van der Waals surface area contributed by atoms with Gasteiger partial charge in [-0.1, -0.05) is 0 Å². The predicted octanol–water partition coefficient (Wildman–Crippen LogP) is -1.32. The van der Waals surface area contributed by atoms with E-state index in [1.165, 1.54) is 6.26 Å². The van der Waals surface area contributed by atoms with Crippen molar-refractivity contribution in [3.63, 3.8) is 0 Å². The van der Waals surface area contributed by atoms with Crippen LogP contribution >= 0.6 is 0 Å². The smallest absolute Gasteiger partial charge is 0.191 e. The molecule has 2 N–H and O–H groups in total. The van der Waals surface area contributed by atoms with E-state index in [1.807, 2.05) is 4.90 Å². The first-order chi connectivity index (χ1) is 6.99. The highest BCUT2D eigenvalue weighted by atomic mass is 32.2. The molecule has 88 valence electrons. The van der Waals surface area contributed by atoms with Gasteiger partial charge in [-0.15, -0.1) is 0 Å². The van der Waals surface area contributed by atoms with Crippen LogP contribution < -0.4 is 5.73 Å². The molecule has 0 aromatic heterocycles. The van der Waals surface area contributed by atoms with Gasteiger partial charge in [0.1, 0.15) is 9.84 Å². The number of hydrogen-bond donors (Lipinski definition) is 1. The molecule has 1 saturated heterocycles. The quantitative estimate of drug-likeness (QED) is 0.484. The van der Waals surface area contributed by atoms with E-state index in [2.05, 4.69) is 4.99 Å². The van der Waals surface area contributed by atoms with Gasteiger partial charge in [0.05, 0.1) is 25.5 Å². The first kappa shape index (κ1) is 12.3.